The first-order valence-electron chi connectivity index (χ1n) is 3.90. The van der Waals surface area contributed by atoms with Gasteiger partial charge in [-0.3, -0.25) is 4.79 Å². The van der Waals surface area contributed by atoms with Crippen molar-refractivity contribution in [2.24, 2.45) is 0 Å². The molecule has 0 aromatic carbocycles. The number of hydrogen-bond acceptors (Lipinski definition) is 1. The van der Waals surface area contributed by atoms with Crippen LogP contribution in [0.2, 0.25) is 0 Å². The van der Waals surface area contributed by atoms with Crippen LogP contribution in [0.25, 0.3) is 0 Å². The number of hydrogen-bond donors (Lipinski definition) is 1. The van der Waals surface area contributed by atoms with E-state index in [0.29, 0.717) is 6.42 Å². The lowest BCUT2D eigenvalue weighted by molar-refractivity contribution is -0.137. The zero-order valence-corrected chi connectivity index (χ0v) is 7.18. The first-order valence-corrected chi connectivity index (χ1v) is 3.90. The summed E-state index contributed by atoms with van der Waals surface area (Å²) >= 11 is 0. The maximum atomic E-state index is 9.60. The molecule has 0 aliphatic heterocycles. The Kier molecular flexibility index (Phi) is 13.7. The average molecular weight is 146 g/mol. The second-order valence-corrected chi connectivity index (χ2v) is 2.14. The topological polar surface area (TPSA) is 37.3 Å². The fourth-order valence-electron chi connectivity index (χ4n) is 0.214. The van der Waals surface area contributed by atoms with Crippen molar-refractivity contribution < 1.29 is 9.90 Å². The largest absolute Gasteiger partial charge is 0.481 e. The van der Waals surface area contributed by atoms with Crippen LogP contribution in [-0.2, 0) is 4.79 Å². The highest BCUT2D eigenvalue weighted by Crippen LogP contribution is 1.82. The zero-order chi connectivity index (χ0) is 8.41. The summed E-state index contributed by atoms with van der Waals surface area (Å²) in [4.78, 5) is 9.60. The summed E-state index contributed by atoms with van der Waals surface area (Å²) in [5.41, 5.74) is 0. The summed E-state index contributed by atoms with van der Waals surface area (Å²) in [7, 11) is 0. The number of carboxylic acid groups (broad SMARTS) is 1. The molecule has 0 saturated carbocycles. The predicted molar refractivity (Wildman–Crippen MR) is 43.1 cm³/mol. The second kappa shape index (κ2) is 11.3. The van der Waals surface area contributed by atoms with Gasteiger partial charge in [-0.25, -0.2) is 0 Å². The van der Waals surface area contributed by atoms with Crippen LogP contribution in [0.5, 0.6) is 0 Å². The molecule has 0 saturated heterocycles. The molecular weight excluding hydrogens is 128 g/mol. The monoisotopic (exact) mass is 146 g/mol. The van der Waals surface area contributed by atoms with Crippen molar-refractivity contribution in [1.29, 1.82) is 0 Å². The molecule has 0 aromatic heterocycles. The molecule has 62 valence electrons. The Balaban J connectivity index is 0. The molecule has 0 amide bonds. The first-order chi connectivity index (χ1) is 4.68. The Labute approximate surface area is 63.3 Å². The van der Waals surface area contributed by atoms with E-state index in [1.807, 2.05) is 6.92 Å². The Morgan fingerprint density at radius 2 is 1.50 bits per heavy atom. The SMILES string of the molecule is CCCC.CCCC(=O)O. The van der Waals surface area contributed by atoms with Gasteiger partial charge in [0.25, 0.3) is 0 Å². The van der Waals surface area contributed by atoms with Crippen LogP contribution in [0, 0.1) is 0 Å². The number of unbranched alkanes of at least 4 members (excludes halogenated alkanes) is 1. The van der Waals surface area contributed by atoms with E-state index < -0.39 is 5.97 Å². The van der Waals surface area contributed by atoms with Crippen LogP contribution in [0.1, 0.15) is 46.5 Å². The average Bonchev–Trinajstić information content (AvgIpc) is 1.89. The normalized spacial score (nSPS) is 7.90. The van der Waals surface area contributed by atoms with Gasteiger partial charge >= 0.3 is 5.97 Å². The highest BCUT2D eigenvalue weighted by Gasteiger charge is 1.87. The summed E-state index contributed by atoms with van der Waals surface area (Å²) in [5, 5.41) is 7.91. The molecule has 0 spiro atoms. The number of aliphatic carboxylic acids is 1. The molecule has 0 heterocycles. The lowest BCUT2D eigenvalue weighted by Gasteiger charge is -1.79. The van der Waals surface area contributed by atoms with Crippen LogP contribution in [0.4, 0.5) is 0 Å². The molecule has 2 nitrogen and oxygen atoms in total. The second-order valence-electron chi connectivity index (χ2n) is 2.14. The van der Waals surface area contributed by atoms with Gasteiger partial charge in [-0.1, -0.05) is 33.6 Å². The van der Waals surface area contributed by atoms with Gasteiger partial charge in [0.2, 0.25) is 0 Å². The van der Waals surface area contributed by atoms with Crippen molar-refractivity contribution in [3.8, 4) is 0 Å². The van der Waals surface area contributed by atoms with Crippen LogP contribution >= 0.6 is 0 Å². The van der Waals surface area contributed by atoms with Gasteiger partial charge in [-0.2, -0.15) is 0 Å². The summed E-state index contributed by atoms with van der Waals surface area (Å²) in [6.07, 6.45) is 3.66. The molecule has 2 heteroatoms. The molecular formula is C8H18O2. The summed E-state index contributed by atoms with van der Waals surface area (Å²) in [5.74, 6) is -0.711. The van der Waals surface area contributed by atoms with Crippen molar-refractivity contribution in [1.82, 2.24) is 0 Å². The van der Waals surface area contributed by atoms with Crippen molar-refractivity contribution in [3.63, 3.8) is 0 Å². The zero-order valence-electron chi connectivity index (χ0n) is 7.18. The lowest BCUT2D eigenvalue weighted by atomic mass is 10.4. The van der Waals surface area contributed by atoms with E-state index in [9.17, 15) is 4.79 Å². The van der Waals surface area contributed by atoms with Crippen molar-refractivity contribution in [3.05, 3.63) is 0 Å². The minimum absolute atomic E-state index is 0.292. The number of carbonyl (C=O) groups is 1. The molecule has 0 aromatic rings. The highest BCUT2D eigenvalue weighted by atomic mass is 16.4. The molecule has 0 atom stereocenters. The number of carboxylic acids is 1. The summed E-state index contributed by atoms with van der Waals surface area (Å²) in [6.45, 7) is 6.20. The van der Waals surface area contributed by atoms with Gasteiger partial charge in [0.15, 0.2) is 0 Å². The Morgan fingerprint density at radius 3 is 1.50 bits per heavy atom. The predicted octanol–water partition coefficient (Wildman–Crippen LogP) is 2.68. The van der Waals surface area contributed by atoms with Crippen LogP contribution in [0.3, 0.4) is 0 Å². The maximum Gasteiger partial charge on any atom is 0.303 e. The van der Waals surface area contributed by atoms with Crippen molar-refractivity contribution >= 4 is 5.97 Å². The van der Waals surface area contributed by atoms with Crippen molar-refractivity contribution in [2.45, 2.75) is 46.5 Å². The van der Waals surface area contributed by atoms with Gasteiger partial charge in [-0.15, -0.1) is 0 Å². The molecule has 0 radical (unpaired) electrons. The Hall–Kier alpha value is -0.530. The molecule has 1 N–H and O–H groups in total. The Bertz CT molecular complexity index is 67.7. The van der Waals surface area contributed by atoms with E-state index in [1.54, 1.807) is 0 Å². The van der Waals surface area contributed by atoms with Gasteiger partial charge in [-0.05, 0) is 6.42 Å². The van der Waals surface area contributed by atoms with E-state index in [1.165, 1.54) is 12.8 Å². The molecule has 0 unspecified atom stereocenters. The van der Waals surface area contributed by atoms with Crippen LogP contribution in [0.15, 0.2) is 0 Å². The molecule has 10 heavy (non-hydrogen) atoms. The van der Waals surface area contributed by atoms with E-state index in [4.69, 9.17) is 5.11 Å². The molecule has 0 bridgehead atoms. The third kappa shape index (κ3) is 26.0. The molecule has 0 rings (SSSR count). The van der Waals surface area contributed by atoms with Crippen LogP contribution in [-0.4, -0.2) is 11.1 Å². The fraction of sp³-hybridized carbons (Fsp3) is 0.875. The van der Waals surface area contributed by atoms with Crippen molar-refractivity contribution in [2.75, 3.05) is 0 Å². The third-order valence-corrected chi connectivity index (χ3v) is 0.964. The van der Waals surface area contributed by atoms with E-state index >= 15 is 0 Å². The fourth-order valence-corrected chi connectivity index (χ4v) is 0.214. The summed E-state index contributed by atoms with van der Waals surface area (Å²) in [6, 6.07) is 0. The van der Waals surface area contributed by atoms with Gasteiger partial charge in [0.1, 0.15) is 0 Å². The van der Waals surface area contributed by atoms with Gasteiger partial charge in [0, 0.05) is 6.42 Å². The first kappa shape index (κ1) is 12.2. The third-order valence-electron chi connectivity index (χ3n) is 0.964. The lowest BCUT2D eigenvalue weighted by Crippen LogP contribution is -1.90. The van der Waals surface area contributed by atoms with Gasteiger partial charge < -0.3 is 5.11 Å². The summed E-state index contributed by atoms with van der Waals surface area (Å²) < 4.78 is 0. The van der Waals surface area contributed by atoms with E-state index in [2.05, 4.69) is 13.8 Å². The van der Waals surface area contributed by atoms with Gasteiger partial charge in [0.05, 0.1) is 0 Å². The van der Waals surface area contributed by atoms with E-state index in [-0.39, 0.29) is 0 Å². The maximum absolute atomic E-state index is 9.60. The smallest absolute Gasteiger partial charge is 0.303 e. The standard InChI is InChI=1S/C4H8O2.C4H10/c1-2-3-4(5)6;1-3-4-2/h2-3H2,1H3,(H,5,6);3-4H2,1-2H3. The molecule has 0 fully saturated rings. The Morgan fingerprint density at radius 1 is 1.10 bits per heavy atom. The van der Waals surface area contributed by atoms with Crippen LogP contribution < -0.4 is 0 Å². The minimum Gasteiger partial charge on any atom is -0.481 e. The van der Waals surface area contributed by atoms with E-state index in [0.717, 1.165) is 6.42 Å². The number of rotatable bonds is 3. The molecule has 0 aliphatic rings. The minimum atomic E-state index is -0.711. The highest BCUT2D eigenvalue weighted by molar-refractivity contribution is 5.66. The molecule has 0 aliphatic carbocycles. The quantitative estimate of drug-likeness (QED) is 0.664.